The summed E-state index contributed by atoms with van der Waals surface area (Å²) in [6.07, 6.45) is 3.87. The second-order valence-electron chi connectivity index (χ2n) is 7.84. The molecule has 0 amide bonds. The zero-order valence-electron chi connectivity index (χ0n) is 17.3. The fourth-order valence-corrected chi connectivity index (χ4v) is 5.51. The molecule has 0 atom stereocenters. The van der Waals surface area contributed by atoms with Gasteiger partial charge in [-0.05, 0) is 55.4 Å². The van der Waals surface area contributed by atoms with Crippen molar-refractivity contribution in [1.82, 2.24) is 4.90 Å². The normalized spacial score (nSPS) is 17.8. The van der Waals surface area contributed by atoms with Crippen molar-refractivity contribution in [3.63, 3.8) is 0 Å². The Hall–Kier alpha value is -2.00. The van der Waals surface area contributed by atoms with Gasteiger partial charge in [-0.25, -0.2) is 0 Å². The summed E-state index contributed by atoms with van der Waals surface area (Å²) in [5, 5.41) is 20.9. The Morgan fingerprint density at radius 3 is 1.93 bits per heavy atom. The van der Waals surface area contributed by atoms with Crippen molar-refractivity contribution >= 4 is 0 Å². The summed E-state index contributed by atoms with van der Waals surface area (Å²) < 4.78 is 0. The van der Waals surface area contributed by atoms with E-state index in [0.29, 0.717) is 0 Å². The predicted octanol–water partition coefficient (Wildman–Crippen LogP) is 5.95. The van der Waals surface area contributed by atoms with Gasteiger partial charge in [-0.3, -0.25) is 4.90 Å². The number of nitrogens with zero attached hydrogens (tertiary/aromatic N) is 1. The molecule has 2 aromatic rings. The molecule has 0 radical (unpaired) electrons. The fourth-order valence-electron chi connectivity index (χ4n) is 5.51. The quantitative estimate of drug-likeness (QED) is 0.620. The smallest absolute Gasteiger partial charge is 0.160 e. The maximum atomic E-state index is 10.5. The molecule has 3 nitrogen and oxygen atoms in total. The molecule has 27 heavy (non-hydrogen) atoms. The highest BCUT2D eigenvalue weighted by molar-refractivity contribution is 5.59. The van der Waals surface area contributed by atoms with Gasteiger partial charge in [0.1, 0.15) is 0 Å². The summed E-state index contributed by atoms with van der Waals surface area (Å²) in [6.45, 7) is 11.8. The molecule has 0 unspecified atom stereocenters. The first-order valence-electron chi connectivity index (χ1n) is 10.3. The molecule has 3 rings (SSSR count). The molecule has 0 saturated heterocycles. The number of hydrogen-bond acceptors (Lipinski definition) is 3. The van der Waals surface area contributed by atoms with Crippen LogP contribution in [0.5, 0.6) is 11.5 Å². The molecular weight excluding hydrogens is 334 g/mol. The number of aromatic hydroxyl groups is 2. The lowest BCUT2D eigenvalue weighted by Crippen LogP contribution is -2.50. The molecule has 0 bridgehead atoms. The lowest BCUT2D eigenvalue weighted by molar-refractivity contribution is -0.0235. The number of hydrogen-bond donors (Lipinski definition) is 2. The van der Waals surface area contributed by atoms with Crippen LogP contribution in [0.1, 0.15) is 75.6 Å². The molecule has 1 aliphatic rings. The maximum absolute atomic E-state index is 10.5. The molecule has 146 valence electrons. The zero-order chi connectivity index (χ0) is 19.8. The lowest BCUT2D eigenvalue weighted by Gasteiger charge is -2.47. The standard InChI is InChI=1S/C24H33NO2/c1-6-23(7-2)19-15-20(26)22(27)17(5)21(19)24(8-3,9-4)25(23)16-18-13-11-10-12-14-18/h10-15,26-27H,6-9,16H2,1-5H3. The first-order valence-corrected chi connectivity index (χ1v) is 10.3. The third-order valence-corrected chi connectivity index (χ3v) is 7.05. The van der Waals surface area contributed by atoms with Gasteiger partial charge in [0.2, 0.25) is 0 Å². The van der Waals surface area contributed by atoms with Gasteiger partial charge in [-0.15, -0.1) is 0 Å². The zero-order valence-corrected chi connectivity index (χ0v) is 17.3. The van der Waals surface area contributed by atoms with Crippen LogP contribution < -0.4 is 0 Å². The van der Waals surface area contributed by atoms with E-state index in [1.165, 1.54) is 16.7 Å². The highest BCUT2D eigenvalue weighted by Crippen LogP contribution is 2.59. The van der Waals surface area contributed by atoms with E-state index in [1.54, 1.807) is 0 Å². The third kappa shape index (κ3) is 2.67. The van der Waals surface area contributed by atoms with E-state index in [9.17, 15) is 10.2 Å². The first kappa shape index (κ1) is 19.8. The Kier molecular flexibility index (Phi) is 5.27. The van der Waals surface area contributed by atoms with Crippen LogP contribution in [0, 0.1) is 6.92 Å². The van der Waals surface area contributed by atoms with Crippen molar-refractivity contribution in [2.24, 2.45) is 0 Å². The molecule has 1 heterocycles. The Labute approximate surface area is 163 Å². The summed E-state index contributed by atoms with van der Waals surface area (Å²) >= 11 is 0. The maximum Gasteiger partial charge on any atom is 0.160 e. The van der Waals surface area contributed by atoms with E-state index >= 15 is 0 Å². The van der Waals surface area contributed by atoms with Crippen LogP contribution in [0.25, 0.3) is 0 Å². The van der Waals surface area contributed by atoms with E-state index in [1.807, 2.05) is 13.0 Å². The third-order valence-electron chi connectivity index (χ3n) is 7.05. The molecule has 0 aromatic heterocycles. The van der Waals surface area contributed by atoms with E-state index < -0.39 is 0 Å². The van der Waals surface area contributed by atoms with Gasteiger partial charge >= 0.3 is 0 Å². The topological polar surface area (TPSA) is 43.7 Å². The molecular formula is C24H33NO2. The average molecular weight is 368 g/mol. The van der Waals surface area contributed by atoms with Gasteiger partial charge in [-0.1, -0.05) is 58.0 Å². The molecule has 2 aromatic carbocycles. The SMILES string of the molecule is CCC1(CC)c2cc(O)c(O)c(C)c2C(CC)(CC)N1Cc1ccccc1. The summed E-state index contributed by atoms with van der Waals surface area (Å²) in [7, 11) is 0. The summed E-state index contributed by atoms with van der Waals surface area (Å²) in [5.74, 6) is 0.0304. The minimum Gasteiger partial charge on any atom is -0.504 e. The highest BCUT2D eigenvalue weighted by Gasteiger charge is 2.56. The predicted molar refractivity (Wildman–Crippen MR) is 111 cm³/mol. The Morgan fingerprint density at radius 1 is 0.852 bits per heavy atom. The van der Waals surface area contributed by atoms with Crippen LogP contribution in [0.4, 0.5) is 0 Å². The van der Waals surface area contributed by atoms with Crippen molar-refractivity contribution < 1.29 is 10.2 Å². The molecule has 0 aliphatic carbocycles. The van der Waals surface area contributed by atoms with Gasteiger partial charge < -0.3 is 10.2 Å². The minimum atomic E-state index is -0.146. The van der Waals surface area contributed by atoms with Crippen LogP contribution in [-0.2, 0) is 17.6 Å². The molecule has 0 spiro atoms. The molecule has 1 aliphatic heterocycles. The molecule has 2 N–H and O–H groups in total. The van der Waals surface area contributed by atoms with Crippen LogP contribution in [0.15, 0.2) is 36.4 Å². The van der Waals surface area contributed by atoms with E-state index in [2.05, 4.69) is 62.9 Å². The molecule has 3 heteroatoms. The summed E-state index contributed by atoms with van der Waals surface area (Å²) in [4.78, 5) is 2.66. The lowest BCUT2D eigenvalue weighted by atomic mass is 9.80. The van der Waals surface area contributed by atoms with Crippen LogP contribution in [0.2, 0.25) is 0 Å². The summed E-state index contributed by atoms with van der Waals surface area (Å²) in [6, 6.07) is 12.5. The van der Waals surface area contributed by atoms with E-state index in [4.69, 9.17) is 0 Å². The minimum absolute atomic E-state index is 0.000178. The van der Waals surface area contributed by atoms with E-state index in [-0.39, 0.29) is 22.6 Å². The Balaban J connectivity index is 2.31. The second-order valence-corrected chi connectivity index (χ2v) is 7.84. The van der Waals surface area contributed by atoms with Crippen LogP contribution >= 0.6 is 0 Å². The largest absolute Gasteiger partial charge is 0.504 e. The molecule has 0 saturated carbocycles. The van der Waals surface area contributed by atoms with Crippen molar-refractivity contribution in [3.8, 4) is 11.5 Å². The Bertz CT molecular complexity index is 805. The van der Waals surface area contributed by atoms with Gasteiger partial charge in [0.15, 0.2) is 11.5 Å². The number of phenolic OH excluding ortho intramolecular Hbond substituents is 2. The Morgan fingerprint density at radius 2 is 1.41 bits per heavy atom. The monoisotopic (exact) mass is 367 g/mol. The average Bonchev–Trinajstić information content (AvgIpc) is 2.93. The van der Waals surface area contributed by atoms with Crippen LogP contribution in [0.3, 0.4) is 0 Å². The summed E-state index contributed by atoms with van der Waals surface area (Å²) in [5.41, 5.74) is 4.26. The van der Waals surface area contributed by atoms with Gasteiger partial charge in [0.05, 0.1) is 0 Å². The highest BCUT2D eigenvalue weighted by atomic mass is 16.3. The van der Waals surface area contributed by atoms with Crippen molar-refractivity contribution in [1.29, 1.82) is 0 Å². The first-order chi connectivity index (χ1) is 12.9. The second kappa shape index (κ2) is 7.20. The van der Waals surface area contributed by atoms with Gasteiger partial charge in [0, 0.05) is 23.2 Å². The number of fused-ring (bicyclic) bond motifs is 1. The number of phenols is 2. The number of benzene rings is 2. The number of rotatable bonds is 6. The fraction of sp³-hybridized carbons (Fsp3) is 0.500. The van der Waals surface area contributed by atoms with Crippen molar-refractivity contribution in [3.05, 3.63) is 58.7 Å². The van der Waals surface area contributed by atoms with Crippen molar-refractivity contribution in [2.45, 2.75) is 77.9 Å². The molecule has 0 fully saturated rings. The van der Waals surface area contributed by atoms with Gasteiger partial charge in [-0.2, -0.15) is 0 Å². The van der Waals surface area contributed by atoms with Crippen LogP contribution in [-0.4, -0.2) is 15.1 Å². The van der Waals surface area contributed by atoms with Gasteiger partial charge in [0.25, 0.3) is 0 Å². The van der Waals surface area contributed by atoms with E-state index in [0.717, 1.165) is 37.8 Å². The van der Waals surface area contributed by atoms with Crippen molar-refractivity contribution in [2.75, 3.05) is 0 Å².